The molecule has 0 aromatic heterocycles. The van der Waals surface area contributed by atoms with Gasteiger partial charge in [0, 0.05) is 7.05 Å². The van der Waals surface area contributed by atoms with Crippen molar-refractivity contribution in [1.29, 1.82) is 0 Å². The molecule has 0 spiro atoms. The SMILES string of the molecule is CN1C(=O)N/C(=C/c2ccc(OCc3cccc(C(=O)O)c3)cc2)C1=O. The molecule has 7 heteroatoms. The maximum atomic E-state index is 11.8. The van der Waals surface area contributed by atoms with Crippen molar-refractivity contribution in [2.75, 3.05) is 7.05 Å². The number of carbonyl (C=O) groups excluding carboxylic acids is 2. The molecular weight excluding hydrogens is 336 g/mol. The van der Waals surface area contributed by atoms with Gasteiger partial charge in [-0.2, -0.15) is 0 Å². The van der Waals surface area contributed by atoms with E-state index in [-0.39, 0.29) is 23.8 Å². The van der Waals surface area contributed by atoms with Gasteiger partial charge in [-0.05, 0) is 41.5 Å². The van der Waals surface area contributed by atoms with E-state index < -0.39 is 12.0 Å². The van der Waals surface area contributed by atoms with Crippen molar-refractivity contribution in [2.24, 2.45) is 0 Å². The molecule has 1 saturated heterocycles. The van der Waals surface area contributed by atoms with Gasteiger partial charge in [-0.25, -0.2) is 9.59 Å². The van der Waals surface area contributed by atoms with Crippen LogP contribution in [-0.2, 0) is 11.4 Å². The van der Waals surface area contributed by atoms with Crippen LogP contribution in [0.3, 0.4) is 0 Å². The average molecular weight is 352 g/mol. The molecule has 2 aromatic rings. The smallest absolute Gasteiger partial charge is 0.335 e. The lowest BCUT2D eigenvalue weighted by molar-refractivity contribution is -0.121. The van der Waals surface area contributed by atoms with E-state index in [1.807, 2.05) is 0 Å². The van der Waals surface area contributed by atoms with E-state index in [1.54, 1.807) is 48.5 Å². The number of urea groups is 1. The van der Waals surface area contributed by atoms with Crippen molar-refractivity contribution in [3.8, 4) is 5.75 Å². The number of benzene rings is 2. The zero-order valence-corrected chi connectivity index (χ0v) is 13.9. The van der Waals surface area contributed by atoms with E-state index in [0.29, 0.717) is 5.75 Å². The Bertz CT molecular complexity index is 902. The number of rotatable bonds is 5. The van der Waals surface area contributed by atoms with Gasteiger partial charge in [0.2, 0.25) is 0 Å². The molecule has 1 heterocycles. The summed E-state index contributed by atoms with van der Waals surface area (Å²) in [5.74, 6) is -0.760. The van der Waals surface area contributed by atoms with E-state index in [9.17, 15) is 14.4 Å². The summed E-state index contributed by atoms with van der Waals surface area (Å²) in [7, 11) is 1.41. The molecule has 2 aromatic carbocycles. The first kappa shape index (κ1) is 17.2. The van der Waals surface area contributed by atoms with Gasteiger partial charge in [0.05, 0.1) is 5.56 Å². The Kier molecular flexibility index (Phi) is 4.70. The predicted molar refractivity (Wildman–Crippen MR) is 93.5 cm³/mol. The van der Waals surface area contributed by atoms with Crippen LogP contribution in [0, 0.1) is 0 Å². The first-order valence-corrected chi connectivity index (χ1v) is 7.80. The molecule has 132 valence electrons. The lowest BCUT2D eigenvalue weighted by Crippen LogP contribution is -2.25. The first-order valence-electron chi connectivity index (χ1n) is 7.80. The lowest BCUT2D eigenvalue weighted by Gasteiger charge is -2.07. The van der Waals surface area contributed by atoms with E-state index >= 15 is 0 Å². The van der Waals surface area contributed by atoms with Crippen LogP contribution in [0.15, 0.2) is 54.2 Å². The van der Waals surface area contributed by atoms with Crippen LogP contribution in [-0.4, -0.2) is 35.0 Å². The number of amides is 3. The quantitative estimate of drug-likeness (QED) is 0.637. The fourth-order valence-corrected chi connectivity index (χ4v) is 2.41. The lowest BCUT2D eigenvalue weighted by atomic mass is 10.1. The zero-order chi connectivity index (χ0) is 18.7. The minimum atomic E-state index is -0.983. The molecule has 26 heavy (non-hydrogen) atoms. The minimum absolute atomic E-state index is 0.210. The zero-order valence-electron chi connectivity index (χ0n) is 13.9. The molecule has 1 fully saturated rings. The van der Waals surface area contributed by atoms with E-state index in [1.165, 1.54) is 13.1 Å². The molecule has 0 atom stereocenters. The Hall–Kier alpha value is -3.61. The van der Waals surface area contributed by atoms with Crippen LogP contribution in [0.4, 0.5) is 4.79 Å². The van der Waals surface area contributed by atoms with Crippen LogP contribution in [0.2, 0.25) is 0 Å². The monoisotopic (exact) mass is 352 g/mol. The van der Waals surface area contributed by atoms with Crippen LogP contribution in [0.5, 0.6) is 5.75 Å². The van der Waals surface area contributed by atoms with Gasteiger partial charge < -0.3 is 15.2 Å². The second-order valence-corrected chi connectivity index (χ2v) is 5.72. The molecule has 3 amide bonds. The van der Waals surface area contributed by atoms with Crippen LogP contribution in [0.1, 0.15) is 21.5 Å². The number of aromatic carboxylic acids is 1. The third kappa shape index (κ3) is 3.72. The Morgan fingerprint density at radius 3 is 2.54 bits per heavy atom. The van der Waals surface area contributed by atoms with Crippen molar-refractivity contribution in [2.45, 2.75) is 6.61 Å². The van der Waals surface area contributed by atoms with Gasteiger partial charge in [-0.15, -0.1) is 0 Å². The number of nitrogens with one attached hydrogen (secondary N) is 1. The van der Waals surface area contributed by atoms with Gasteiger partial charge in [0.1, 0.15) is 18.1 Å². The third-order valence-electron chi connectivity index (χ3n) is 3.85. The summed E-state index contributed by atoms with van der Waals surface area (Å²) in [6.07, 6.45) is 1.59. The number of likely N-dealkylation sites (N-methyl/N-ethyl adjacent to an activating group) is 1. The topological polar surface area (TPSA) is 95.9 Å². The number of carbonyl (C=O) groups is 3. The summed E-state index contributed by atoms with van der Waals surface area (Å²) >= 11 is 0. The summed E-state index contributed by atoms with van der Waals surface area (Å²) in [6, 6.07) is 13.1. The fraction of sp³-hybridized carbons (Fsp3) is 0.105. The summed E-state index contributed by atoms with van der Waals surface area (Å²) < 4.78 is 5.65. The van der Waals surface area contributed by atoms with E-state index in [4.69, 9.17) is 9.84 Å². The van der Waals surface area contributed by atoms with Crippen molar-refractivity contribution in [3.05, 3.63) is 70.9 Å². The molecule has 0 radical (unpaired) electrons. The van der Waals surface area contributed by atoms with Gasteiger partial charge in [-0.1, -0.05) is 24.3 Å². The molecule has 3 rings (SSSR count). The summed E-state index contributed by atoms with van der Waals surface area (Å²) in [6.45, 7) is 0.237. The van der Waals surface area contributed by atoms with E-state index in [0.717, 1.165) is 16.0 Å². The normalized spacial score (nSPS) is 15.3. The highest BCUT2D eigenvalue weighted by atomic mass is 16.5. The summed E-state index contributed by atoms with van der Waals surface area (Å²) in [4.78, 5) is 35.2. The van der Waals surface area contributed by atoms with Crippen molar-refractivity contribution < 1.29 is 24.2 Å². The number of carboxylic acid groups (broad SMARTS) is 1. The molecule has 0 unspecified atom stereocenters. The van der Waals surface area contributed by atoms with Crippen molar-refractivity contribution in [1.82, 2.24) is 10.2 Å². The average Bonchev–Trinajstić information content (AvgIpc) is 2.88. The number of imide groups is 1. The van der Waals surface area contributed by atoms with Crippen LogP contribution >= 0.6 is 0 Å². The fourth-order valence-electron chi connectivity index (χ4n) is 2.41. The molecule has 0 aliphatic carbocycles. The third-order valence-corrected chi connectivity index (χ3v) is 3.85. The van der Waals surface area contributed by atoms with Gasteiger partial charge in [-0.3, -0.25) is 9.69 Å². The minimum Gasteiger partial charge on any atom is -0.489 e. The number of ether oxygens (including phenoxy) is 1. The van der Waals surface area contributed by atoms with E-state index in [2.05, 4.69) is 5.32 Å². The number of carboxylic acids is 1. The van der Waals surface area contributed by atoms with Crippen LogP contribution < -0.4 is 10.1 Å². The molecule has 0 bridgehead atoms. The molecule has 0 saturated carbocycles. The van der Waals surface area contributed by atoms with Gasteiger partial charge in [0.25, 0.3) is 5.91 Å². The number of hydrogen-bond donors (Lipinski definition) is 2. The number of hydrogen-bond acceptors (Lipinski definition) is 4. The highest BCUT2D eigenvalue weighted by Crippen LogP contribution is 2.18. The Balaban J connectivity index is 1.65. The molecule has 2 N–H and O–H groups in total. The molecule has 7 nitrogen and oxygen atoms in total. The standard InChI is InChI=1S/C19H16N2O5/c1-21-17(22)16(20-19(21)25)10-12-5-7-15(8-6-12)26-11-13-3-2-4-14(9-13)18(23)24/h2-10H,11H2,1H3,(H,20,25)(H,23,24)/b16-10+. The van der Waals surface area contributed by atoms with Crippen molar-refractivity contribution >= 4 is 24.0 Å². The maximum Gasteiger partial charge on any atom is 0.335 e. The summed E-state index contributed by atoms with van der Waals surface area (Å²) in [5.41, 5.74) is 1.92. The highest BCUT2D eigenvalue weighted by Gasteiger charge is 2.29. The number of nitrogens with zero attached hydrogens (tertiary/aromatic N) is 1. The van der Waals surface area contributed by atoms with Gasteiger partial charge >= 0.3 is 12.0 Å². The Morgan fingerprint density at radius 1 is 1.19 bits per heavy atom. The molecule has 1 aliphatic heterocycles. The van der Waals surface area contributed by atoms with Gasteiger partial charge in [0.15, 0.2) is 0 Å². The van der Waals surface area contributed by atoms with Crippen LogP contribution in [0.25, 0.3) is 6.08 Å². The highest BCUT2D eigenvalue weighted by molar-refractivity contribution is 6.13. The largest absolute Gasteiger partial charge is 0.489 e. The first-order chi connectivity index (χ1) is 12.4. The Labute approximate surface area is 149 Å². The molecule has 1 aliphatic rings. The predicted octanol–water partition coefficient (Wildman–Crippen LogP) is 2.49. The second kappa shape index (κ2) is 7.10. The molecular formula is C19H16N2O5. The Morgan fingerprint density at radius 2 is 1.92 bits per heavy atom. The second-order valence-electron chi connectivity index (χ2n) is 5.72. The summed E-state index contributed by atoms with van der Waals surface area (Å²) in [5, 5.41) is 11.5. The maximum absolute atomic E-state index is 11.8. The van der Waals surface area contributed by atoms with Crippen molar-refractivity contribution in [3.63, 3.8) is 0 Å².